The van der Waals surface area contributed by atoms with Gasteiger partial charge in [0.25, 0.3) is 0 Å². The third-order valence-corrected chi connectivity index (χ3v) is 4.88. The molecule has 7 heteroatoms. The second-order valence-electron chi connectivity index (χ2n) is 5.76. The summed E-state index contributed by atoms with van der Waals surface area (Å²) in [5.41, 5.74) is 0.534. The Labute approximate surface area is 144 Å². The van der Waals surface area contributed by atoms with Gasteiger partial charge in [-0.2, -0.15) is 0 Å². The van der Waals surface area contributed by atoms with Crippen LogP contribution in [-0.4, -0.2) is 51.6 Å². The Morgan fingerprint density at radius 2 is 2.38 bits per heavy atom. The first-order valence-corrected chi connectivity index (χ1v) is 8.81. The summed E-state index contributed by atoms with van der Waals surface area (Å²) in [4.78, 5) is 22.9. The van der Waals surface area contributed by atoms with Crippen LogP contribution < -0.4 is 5.32 Å². The van der Waals surface area contributed by atoms with Gasteiger partial charge in [0.05, 0.1) is 18.1 Å². The quantitative estimate of drug-likeness (QED) is 0.751. The Balaban J connectivity index is 1.45. The van der Waals surface area contributed by atoms with Crippen LogP contribution in [0.15, 0.2) is 36.0 Å². The first-order valence-electron chi connectivity index (χ1n) is 7.93. The average molecular weight is 344 g/mol. The smallest absolute Gasteiger partial charge is 0.328 e. The number of hydrogen-bond acceptors (Lipinski definition) is 6. The number of carboxylic acids is 1. The maximum atomic E-state index is 10.5. The predicted octanol–water partition coefficient (Wildman–Crippen LogP) is 2.36. The molecule has 3 heterocycles. The number of thiophene rings is 1. The standard InChI is InChI=1S/C17H20N4O2S/c22-17(23)4-3-13-10-19-16(11-18-13)20-14-5-7-21(12-14)8-6-15-2-1-9-24-15/h1-4,9-11,14H,5-8,12H2,(H,19,20)(H,22,23)/t14-/m1/s1. The number of aliphatic carboxylic acids is 1. The fourth-order valence-corrected chi connectivity index (χ4v) is 3.44. The maximum absolute atomic E-state index is 10.5. The van der Waals surface area contributed by atoms with E-state index in [2.05, 4.69) is 37.7 Å². The van der Waals surface area contributed by atoms with Gasteiger partial charge < -0.3 is 15.3 Å². The van der Waals surface area contributed by atoms with Crippen LogP contribution in [0, 0.1) is 0 Å². The van der Waals surface area contributed by atoms with Crippen LogP contribution in [0.3, 0.4) is 0 Å². The van der Waals surface area contributed by atoms with Crippen molar-refractivity contribution < 1.29 is 9.90 Å². The number of hydrogen-bond donors (Lipinski definition) is 2. The zero-order valence-electron chi connectivity index (χ0n) is 13.3. The van der Waals surface area contributed by atoms with Crippen molar-refractivity contribution in [2.45, 2.75) is 18.9 Å². The van der Waals surface area contributed by atoms with Gasteiger partial charge in [-0.1, -0.05) is 6.07 Å². The van der Waals surface area contributed by atoms with E-state index < -0.39 is 5.97 Å². The van der Waals surface area contributed by atoms with Gasteiger partial charge in [0.1, 0.15) is 5.82 Å². The SMILES string of the molecule is O=C(O)C=Cc1cnc(N[C@@H]2CCN(CCc3cccs3)C2)cn1. The highest BCUT2D eigenvalue weighted by atomic mass is 32.1. The van der Waals surface area contributed by atoms with E-state index >= 15 is 0 Å². The molecule has 0 unspecified atom stereocenters. The molecule has 1 aliphatic rings. The summed E-state index contributed by atoms with van der Waals surface area (Å²) in [7, 11) is 0. The number of aromatic nitrogens is 2. The highest BCUT2D eigenvalue weighted by Crippen LogP contribution is 2.16. The van der Waals surface area contributed by atoms with Gasteiger partial charge in [-0.25, -0.2) is 9.78 Å². The van der Waals surface area contributed by atoms with E-state index in [9.17, 15) is 4.79 Å². The van der Waals surface area contributed by atoms with E-state index in [1.54, 1.807) is 12.4 Å². The molecule has 6 nitrogen and oxygen atoms in total. The molecule has 0 spiro atoms. The van der Waals surface area contributed by atoms with Crippen LogP contribution in [0.2, 0.25) is 0 Å². The molecule has 126 valence electrons. The summed E-state index contributed by atoms with van der Waals surface area (Å²) >= 11 is 1.81. The normalized spacial score (nSPS) is 18.2. The molecular weight excluding hydrogens is 324 g/mol. The van der Waals surface area contributed by atoms with Crippen molar-refractivity contribution in [3.05, 3.63) is 46.6 Å². The van der Waals surface area contributed by atoms with Crippen molar-refractivity contribution in [2.24, 2.45) is 0 Å². The minimum absolute atomic E-state index is 0.378. The lowest BCUT2D eigenvalue weighted by atomic mass is 10.2. The van der Waals surface area contributed by atoms with Gasteiger partial charge >= 0.3 is 5.97 Å². The number of carboxylic acid groups (broad SMARTS) is 1. The van der Waals surface area contributed by atoms with Crippen molar-refractivity contribution in [3.63, 3.8) is 0 Å². The Hall–Kier alpha value is -2.25. The summed E-state index contributed by atoms with van der Waals surface area (Å²) in [5.74, 6) is -0.264. The largest absolute Gasteiger partial charge is 0.478 e. The molecule has 24 heavy (non-hydrogen) atoms. The highest BCUT2D eigenvalue weighted by Gasteiger charge is 2.22. The van der Waals surface area contributed by atoms with Crippen molar-refractivity contribution >= 4 is 29.2 Å². The van der Waals surface area contributed by atoms with Crippen LogP contribution in [0.1, 0.15) is 17.0 Å². The lowest BCUT2D eigenvalue weighted by Crippen LogP contribution is -2.28. The number of nitrogens with zero attached hydrogens (tertiary/aromatic N) is 3. The van der Waals surface area contributed by atoms with Gasteiger partial charge in [0.2, 0.25) is 0 Å². The van der Waals surface area contributed by atoms with Crippen LogP contribution in [-0.2, 0) is 11.2 Å². The number of likely N-dealkylation sites (tertiary alicyclic amines) is 1. The van der Waals surface area contributed by atoms with E-state index in [1.165, 1.54) is 11.0 Å². The van der Waals surface area contributed by atoms with Crippen LogP contribution >= 0.6 is 11.3 Å². The van der Waals surface area contributed by atoms with Gasteiger partial charge in [-0.05, 0) is 30.4 Å². The molecule has 0 saturated carbocycles. The molecule has 1 atom stereocenters. The molecule has 2 aromatic heterocycles. The zero-order chi connectivity index (χ0) is 16.8. The molecule has 0 aromatic carbocycles. The third kappa shape index (κ3) is 4.87. The van der Waals surface area contributed by atoms with E-state index in [-0.39, 0.29) is 0 Å². The Morgan fingerprint density at radius 1 is 1.46 bits per heavy atom. The van der Waals surface area contributed by atoms with Crippen molar-refractivity contribution in [1.29, 1.82) is 0 Å². The fourth-order valence-electron chi connectivity index (χ4n) is 2.74. The van der Waals surface area contributed by atoms with E-state index in [0.717, 1.165) is 44.4 Å². The van der Waals surface area contributed by atoms with Gasteiger partial charge in [0, 0.05) is 36.6 Å². The monoisotopic (exact) mass is 344 g/mol. The molecule has 2 aromatic rings. The molecule has 1 fully saturated rings. The topological polar surface area (TPSA) is 78.3 Å². The lowest BCUT2D eigenvalue weighted by Gasteiger charge is -2.16. The fraction of sp³-hybridized carbons (Fsp3) is 0.353. The second kappa shape index (κ2) is 8.03. The molecule has 3 rings (SSSR count). The molecule has 0 bridgehead atoms. The maximum Gasteiger partial charge on any atom is 0.328 e. The molecule has 1 saturated heterocycles. The first kappa shape index (κ1) is 16.6. The number of nitrogens with one attached hydrogen (secondary N) is 1. The second-order valence-corrected chi connectivity index (χ2v) is 6.79. The van der Waals surface area contributed by atoms with Crippen LogP contribution in [0.5, 0.6) is 0 Å². The van der Waals surface area contributed by atoms with E-state index in [0.29, 0.717) is 11.7 Å². The summed E-state index contributed by atoms with van der Waals surface area (Å²) < 4.78 is 0. The number of carbonyl (C=O) groups is 1. The minimum Gasteiger partial charge on any atom is -0.478 e. The Bertz CT molecular complexity index is 685. The molecule has 0 amide bonds. The van der Waals surface area contributed by atoms with Gasteiger partial charge in [-0.15, -0.1) is 11.3 Å². The first-order chi connectivity index (χ1) is 11.7. The number of anilines is 1. The zero-order valence-corrected chi connectivity index (χ0v) is 14.1. The van der Waals surface area contributed by atoms with E-state index in [1.807, 2.05) is 11.3 Å². The molecular formula is C17H20N4O2S. The average Bonchev–Trinajstić information content (AvgIpc) is 3.24. The predicted molar refractivity (Wildman–Crippen MR) is 95.2 cm³/mol. The van der Waals surface area contributed by atoms with Crippen molar-refractivity contribution in [3.8, 4) is 0 Å². The number of rotatable bonds is 7. The molecule has 0 radical (unpaired) electrons. The Kier molecular flexibility index (Phi) is 5.55. The molecule has 0 aliphatic carbocycles. The molecule has 1 aliphatic heterocycles. The van der Waals surface area contributed by atoms with Gasteiger partial charge in [0.15, 0.2) is 0 Å². The summed E-state index contributed by atoms with van der Waals surface area (Å²) in [6.07, 6.45) is 7.91. The summed E-state index contributed by atoms with van der Waals surface area (Å²) in [6, 6.07) is 4.66. The van der Waals surface area contributed by atoms with Crippen LogP contribution in [0.4, 0.5) is 5.82 Å². The lowest BCUT2D eigenvalue weighted by molar-refractivity contribution is -0.131. The van der Waals surface area contributed by atoms with E-state index in [4.69, 9.17) is 5.11 Å². The summed E-state index contributed by atoms with van der Waals surface area (Å²) in [5, 5.41) is 14.1. The van der Waals surface area contributed by atoms with Crippen molar-refractivity contribution in [2.75, 3.05) is 25.0 Å². The minimum atomic E-state index is -0.993. The Morgan fingerprint density at radius 3 is 3.08 bits per heavy atom. The summed E-state index contributed by atoms with van der Waals surface area (Å²) in [6.45, 7) is 3.19. The highest BCUT2D eigenvalue weighted by molar-refractivity contribution is 7.09. The van der Waals surface area contributed by atoms with Crippen molar-refractivity contribution in [1.82, 2.24) is 14.9 Å². The third-order valence-electron chi connectivity index (χ3n) is 3.95. The van der Waals surface area contributed by atoms with Gasteiger partial charge in [-0.3, -0.25) is 4.98 Å². The molecule has 2 N–H and O–H groups in total. The van der Waals surface area contributed by atoms with Crippen LogP contribution in [0.25, 0.3) is 6.08 Å².